The summed E-state index contributed by atoms with van der Waals surface area (Å²) in [4.78, 5) is 22.1. The fourth-order valence-electron chi connectivity index (χ4n) is 3.92. The highest BCUT2D eigenvalue weighted by molar-refractivity contribution is 6.05. The first-order valence-corrected chi connectivity index (χ1v) is 10.6. The van der Waals surface area contributed by atoms with Gasteiger partial charge in [-0.1, -0.05) is 30.3 Å². The summed E-state index contributed by atoms with van der Waals surface area (Å²) >= 11 is 0. The first-order valence-electron chi connectivity index (χ1n) is 10.6. The zero-order valence-electron chi connectivity index (χ0n) is 18.5. The second-order valence-electron chi connectivity index (χ2n) is 7.69. The van der Waals surface area contributed by atoms with Crippen LogP contribution in [-0.2, 0) is 4.79 Å². The number of pyridine rings is 1. The van der Waals surface area contributed by atoms with E-state index in [2.05, 4.69) is 25.7 Å². The lowest BCUT2D eigenvalue weighted by Crippen LogP contribution is -2.31. The third-order valence-electron chi connectivity index (χ3n) is 5.55. The normalized spacial score (nSPS) is 14.9. The van der Waals surface area contributed by atoms with Crippen LogP contribution in [0.1, 0.15) is 18.5 Å². The van der Waals surface area contributed by atoms with Crippen molar-refractivity contribution >= 4 is 17.7 Å². The molecule has 1 amide bonds. The SMILES string of the molecule is COc1ccc([C@H]2C(C(=O)Nc3ccccn3)=C(C)Nc3nc(-c4ccccc4F)nn32)cc1. The monoisotopic (exact) mass is 456 g/mol. The molecular weight excluding hydrogens is 435 g/mol. The molecule has 0 bridgehead atoms. The van der Waals surface area contributed by atoms with E-state index in [0.29, 0.717) is 28.8 Å². The molecule has 1 aliphatic rings. The Morgan fingerprint density at radius 3 is 2.56 bits per heavy atom. The molecule has 3 heterocycles. The number of methoxy groups -OCH3 is 1. The van der Waals surface area contributed by atoms with Crippen LogP contribution in [0, 0.1) is 5.82 Å². The van der Waals surface area contributed by atoms with Crippen LogP contribution in [0.2, 0.25) is 0 Å². The van der Waals surface area contributed by atoms with E-state index in [0.717, 1.165) is 5.56 Å². The fraction of sp³-hybridized carbons (Fsp3) is 0.120. The molecule has 4 aromatic rings. The summed E-state index contributed by atoms with van der Waals surface area (Å²) in [5.41, 5.74) is 2.11. The summed E-state index contributed by atoms with van der Waals surface area (Å²) in [5.74, 6) is 0.980. The second-order valence-corrected chi connectivity index (χ2v) is 7.69. The number of hydrogen-bond donors (Lipinski definition) is 2. The van der Waals surface area contributed by atoms with E-state index in [-0.39, 0.29) is 17.3 Å². The summed E-state index contributed by atoms with van der Waals surface area (Å²) in [5, 5.41) is 10.6. The Bertz CT molecular complexity index is 1380. The van der Waals surface area contributed by atoms with Crippen molar-refractivity contribution in [3.8, 4) is 17.1 Å². The fourth-order valence-corrected chi connectivity index (χ4v) is 3.92. The van der Waals surface area contributed by atoms with Gasteiger partial charge in [0, 0.05) is 11.9 Å². The van der Waals surface area contributed by atoms with Crippen LogP contribution in [0.4, 0.5) is 16.2 Å². The van der Waals surface area contributed by atoms with E-state index in [1.165, 1.54) is 6.07 Å². The highest BCUT2D eigenvalue weighted by atomic mass is 19.1. The predicted molar refractivity (Wildman–Crippen MR) is 126 cm³/mol. The molecular formula is C25H21FN6O2. The minimum absolute atomic E-state index is 0.221. The van der Waals surface area contributed by atoms with Gasteiger partial charge in [0.05, 0.1) is 18.2 Å². The Balaban J connectivity index is 1.61. The molecule has 0 unspecified atom stereocenters. The minimum Gasteiger partial charge on any atom is -0.497 e. The first-order chi connectivity index (χ1) is 16.5. The molecule has 170 valence electrons. The average Bonchev–Trinajstić information content (AvgIpc) is 3.27. The van der Waals surface area contributed by atoms with Gasteiger partial charge in [-0.3, -0.25) is 4.79 Å². The number of allylic oxidation sites excluding steroid dienone is 1. The number of anilines is 2. The molecule has 0 fully saturated rings. The zero-order valence-corrected chi connectivity index (χ0v) is 18.5. The van der Waals surface area contributed by atoms with Crippen LogP contribution < -0.4 is 15.4 Å². The highest BCUT2D eigenvalue weighted by Gasteiger charge is 2.35. The van der Waals surface area contributed by atoms with Crippen LogP contribution >= 0.6 is 0 Å². The lowest BCUT2D eigenvalue weighted by atomic mass is 9.95. The Labute approximate surface area is 195 Å². The molecule has 2 N–H and O–H groups in total. The number of halogens is 1. The maximum absolute atomic E-state index is 14.5. The number of nitrogens with one attached hydrogen (secondary N) is 2. The van der Waals surface area contributed by atoms with Gasteiger partial charge in [0.15, 0.2) is 5.82 Å². The molecule has 34 heavy (non-hydrogen) atoms. The molecule has 9 heteroatoms. The molecule has 0 saturated carbocycles. The average molecular weight is 456 g/mol. The van der Waals surface area contributed by atoms with Gasteiger partial charge in [0.2, 0.25) is 5.95 Å². The third kappa shape index (κ3) is 3.88. The largest absolute Gasteiger partial charge is 0.497 e. The van der Waals surface area contributed by atoms with Gasteiger partial charge in [0.1, 0.15) is 23.4 Å². The van der Waals surface area contributed by atoms with Crippen LogP contribution in [0.5, 0.6) is 5.75 Å². The van der Waals surface area contributed by atoms with Crippen LogP contribution in [0.3, 0.4) is 0 Å². The number of aromatic nitrogens is 4. The van der Waals surface area contributed by atoms with E-state index >= 15 is 0 Å². The van der Waals surface area contributed by atoms with Crippen molar-refractivity contribution in [1.29, 1.82) is 0 Å². The second kappa shape index (κ2) is 8.78. The number of ether oxygens (including phenoxy) is 1. The maximum atomic E-state index is 14.5. The molecule has 2 aromatic carbocycles. The maximum Gasteiger partial charge on any atom is 0.257 e. The van der Waals surface area contributed by atoms with Crippen LogP contribution in [0.25, 0.3) is 11.4 Å². The van der Waals surface area contributed by atoms with Gasteiger partial charge in [0.25, 0.3) is 5.91 Å². The van der Waals surface area contributed by atoms with Crippen molar-refractivity contribution < 1.29 is 13.9 Å². The summed E-state index contributed by atoms with van der Waals surface area (Å²) in [6.45, 7) is 1.80. The van der Waals surface area contributed by atoms with E-state index < -0.39 is 11.9 Å². The number of hydrogen-bond acceptors (Lipinski definition) is 6. The minimum atomic E-state index is -0.612. The summed E-state index contributed by atoms with van der Waals surface area (Å²) < 4.78 is 21.4. The number of fused-ring (bicyclic) bond motifs is 1. The smallest absolute Gasteiger partial charge is 0.257 e. The Morgan fingerprint density at radius 2 is 1.85 bits per heavy atom. The standard InChI is InChI=1S/C25H21FN6O2/c1-15-21(24(33)29-20-9-5-6-14-27-20)22(16-10-12-17(34-2)13-11-16)32-25(28-15)30-23(31-32)18-7-3-4-8-19(18)26/h3-14,22H,1-2H3,(H,27,29,33)(H,28,30,31)/t22-/m0/s1. The van der Waals surface area contributed by atoms with Crippen LogP contribution in [-0.4, -0.2) is 32.8 Å². The molecule has 0 radical (unpaired) electrons. The van der Waals surface area contributed by atoms with Gasteiger partial charge < -0.3 is 15.4 Å². The Hall–Kier alpha value is -4.53. The summed E-state index contributed by atoms with van der Waals surface area (Å²) in [6, 6.07) is 18.3. The predicted octanol–water partition coefficient (Wildman–Crippen LogP) is 4.42. The number of benzene rings is 2. The van der Waals surface area contributed by atoms with Crippen molar-refractivity contribution in [1.82, 2.24) is 19.7 Å². The van der Waals surface area contributed by atoms with E-state index in [9.17, 15) is 9.18 Å². The van der Waals surface area contributed by atoms with E-state index in [1.807, 2.05) is 24.3 Å². The number of nitrogens with zero attached hydrogens (tertiary/aromatic N) is 4. The molecule has 5 rings (SSSR count). The Kier molecular flexibility index (Phi) is 5.51. The van der Waals surface area contributed by atoms with Gasteiger partial charge >= 0.3 is 0 Å². The van der Waals surface area contributed by atoms with Crippen molar-refractivity contribution in [3.63, 3.8) is 0 Å². The first kappa shape index (κ1) is 21.3. The van der Waals surface area contributed by atoms with Gasteiger partial charge in [-0.2, -0.15) is 4.98 Å². The van der Waals surface area contributed by atoms with Crippen molar-refractivity contribution in [2.75, 3.05) is 17.7 Å². The Morgan fingerprint density at radius 1 is 1.09 bits per heavy atom. The molecule has 2 aromatic heterocycles. The number of carbonyl (C=O) groups is 1. The molecule has 1 atom stereocenters. The quantitative estimate of drug-likeness (QED) is 0.462. The van der Waals surface area contributed by atoms with Crippen LogP contribution in [0.15, 0.2) is 84.2 Å². The van der Waals surface area contributed by atoms with Gasteiger partial charge in [-0.25, -0.2) is 14.1 Å². The van der Waals surface area contributed by atoms with Gasteiger partial charge in [-0.05, 0) is 48.9 Å². The topological polar surface area (TPSA) is 94.0 Å². The lowest BCUT2D eigenvalue weighted by Gasteiger charge is -2.28. The molecule has 0 saturated heterocycles. The van der Waals surface area contributed by atoms with E-state index in [4.69, 9.17) is 4.74 Å². The summed E-state index contributed by atoms with van der Waals surface area (Å²) in [6.07, 6.45) is 1.60. The third-order valence-corrected chi connectivity index (χ3v) is 5.55. The highest BCUT2D eigenvalue weighted by Crippen LogP contribution is 2.37. The molecule has 8 nitrogen and oxygen atoms in total. The van der Waals surface area contributed by atoms with Crippen molar-refractivity contribution in [3.05, 3.63) is 95.6 Å². The molecule has 1 aliphatic heterocycles. The number of carbonyl (C=O) groups excluding carboxylic acids is 1. The van der Waals surface area contributed by atoms with Crippen molar-refractivity contribution in [2.24, 2.45) is 0 Å². The zero-order chi connectivity index (χ0) is 23.7. The summed E-state index contributed by atoms with van der Waals surface area (Å²) in [7, 11) is 1.59. The molecule has 0 aliphatic carbocycles. The number of amides is 1. The molecule has 0 spiro atoms. The van der Waals surface area contributed by atoms with E-state index in [1.54, 1.807) is 61.3 Å². The van der Waals surface area contributed by atoms with Gasteiger partial charge in [-0.15, -0.1) is 5.10 Å². The lowest BCUT2D eigenvalue weighted by molar-refractivity contribution is -0.113. The van der Waals surface area contributed by atoms with Crippen molar-refractivity contribution in [2.45, 2.75) is 13.0 Å². The number of rotatable bonds is 5.